The summed E-state index contributed by atoms with van der Waals surface area (Å²) < 4.78 is 0. The second-order valence-electron chi connectivity index (χ2n) is 12.3. The van der Waals surface area contributed by atoms with Crippen LogP contribution in [0.1, 0.15) is 48.3 Å². The van der Waals surface area contributed by atoms with Gasteiger partial charge in [0.15, 0.2) is 0 Å². The number of hydrogen-bond acceptors (Lipinski definition) is 8. The fourth-order valence-electron chi connectivity index (χ4n) is 5.30. The van der Waals surface area contributed by atoms with Crippen molar-refractivity contribution in [3.63, 3.8) is 0 Å². The van der Waals surface area contributed by atoms with Gasteiger partial charge in [-0.2, -0.15) is 0 Å². The molecule has 55 heavy (non-hydrogen) atoms. The predicted octanol–water partition coefficient (Wildman–Crippen LogP) is 13.7. The van der Waals surface area contributed by atoms with Crippen molar-refractivity contribution in [3.05, 3.63) is 163 Å². The molecule has 13 heteroatoms. The van der Waals surface area contributed by atoms with Gasteiger partial charge in [0.05, 0.1) is 32.3 Å². The molecule has 6 nitrogen and oxygen atoms in total. The third-order valence-electron chi connectivity index (χ3n) is 8.14. The largest absolute Gasteiger partial charge is 0.506 e. The number of aliphatic hydroxyl groups is 2. The van der Waals surface area contributed by atoms with Gasteiger partial charge in [0.2, 0.25) is 0 Å². The van der Waals surface area contributed by atoms with E-state index in [9.17, 15) is 20.4 Å². The number of hydrogen-bond donors (Lipinski definition) is 6. The zero-order chi connectivity index (χ0) is 39.6. The zero-order valence-corrected chi connectivity index (χ0v) is 34.9. The highest BCUT2D eigenvalue weighted by Gasteiger charge is 2.15. The van der Waals surface area contributed by atoms with E-state index in [4.69, 9.17) is 58.0 Å². The molecule has 286 valence electrons. The first-order valence-corrected chi connectivity index (χ1v) is 20.4. The number of rotatable bonds is 12. The average molecular weight is 875 g/mol. The Balaban J connectivity index is 0.000000211. The molecule has 6 N–H and O–H groups in total. The number of phenols is 2. The molecule has 0 amide bonds. The van der Waals surface area contributed by atoms with Crippen LogP contribution < -0.4 is 10.6 Å². The standard InChI is InChI=1S/C21H18Cl3NO2S.C21H19Cl2NO2S/c1-12(26)16-8-14(9-19(24)21(16)27)25-11-13-4-2-3-5-20(13)28-15-6-7-17(22)18(23)10-15;1-13(25)18-10-16(11-19(23)21(18)26)24-12-14-5-2-3-8-20(14)27-17-7-4-6-15(22)9-17/h2-10,12,25-27H,11H2,1H3;2-11,13,24-26H,12H2,1H3. The van der Waals surface area contributed by atoms with Gasteiger partial charge in [-0.25, -0.2) is 0 Å². The lowest BCUT2D eigenvalue weighted by atomic mass is 10.1. The van der Waals surface area contributed by atoms with Gasteiger partial charge in [0.1, 0.15) is 11.5 Å². The van der Waals surface area contributed by atoms with E-state index in [1.54, 1.807) is 67.7 Å². The number of benzene rings is 6. The summed E-state index contributed by atoms with van der Waals surface area (Å²) in [5, 5.41) is 48.4. The van der Waals surface area contributed by atoms with Gasteiger partial charge in [0.25, 0.3) is 0 Å². The van der Waals surface area contributed by atoms with Gasteiger partial charge in [-0.15, -0.1) is 0 Å². The van der Waals surface area contributed by atoms with Crippen molar-refractivity contribution < 1.29 is 20.4 Å². The van der Waals surface area contributed by atoms with Crippen LogP contribution in [0.5, 0.6) is 11.5 Å². The molecule has 0 saturated carbocycles. The molecule has 0 aliphatic carbocycles. The summed E-state index contributed by atoms with van der Waals surface area (Å²) in [4.78, 5) is 4.26. The minimum atomic E-state index is -0.822. The monoisotopic (exact) mass is 872 g/mol. The summed E-state index contributed by atoms with van der Waals surface area (Å²) in [5.41, 5.74) is 4.43. The van der Waals surface area contributed by atoms with Crippen LogP contribution in [0.4, 0.5) is 11.4 Å². The molecule has 0 aromatic heterocycles. The first-order chi connectivity index (χ1) is 26.3. The summed E-state index contributed by atoms with van der Waals surface area (Å²) in [6.07, 6.45) is -1.63. The van der Waals surface area contributed by atoms with Crippen LogP contribution in [0.2, 0.25) is 25.1 Å². The molecule has 0 bridgehead atoms. The Morgan fingerprint density at radius 2 is 0.982 bits per heavy atom. The maximum Gasteiger partial charge on any atom is 0.140 e. The van der Waals surface area contributed by atoms with Crippen LogP contribution in [0.3, 0.4) is 0 Å². The number of anilines is 2. The van der Waals surface area contributed by atoms with Crippen molar-refractivity contribution in [3.8, 4) is 11.5 Å². The smallest absolute Gasteiger partial charge is 0.140 e. The van der Waals surface area contributed by atoms with Crippen molar-refractivity contribution in [2.75, 3.05) is 10.6 Å². The lowest BCUT2D eigenvalue weighted by molar-refractivity contribution is 0.194. The van der Waals surface area contributed by atoms with Gasteiger partial charge in [-0.1, -0.05) is 124 Å². The van der Waals surface area contributed by atoms with E-state index in [1.165, 1.54) is 0 Å². The summed E-state index contributed by atoms with van der Waals surface area (Å²) >= 11 is 33.6. The fourth-order valence-corrected chi connectivity index (χ4v) is 8.36. The predicted molar refractivity (Wildman–Crippen MR) is 231 cm³/mol. The van der Waals surface area contributed by atoms with E-state index in [0.29, 0.717) is 45.0 Å². The van der Waals surface area contributed by atoms with E-state index >= 15 is 0 Å². The number of aromatic hydroxyl groups is 2. The molecular formula is C42H37Cl5N2O4S2. The first-order valence-electron chi connectivity index (χ1n) is 16.9. The molecule has 0 aliphatic heterocycles. The van der Waals surface area contributed by atoms with Crippen molar-refractivity contribution in [1.82, 2.24) is 0 Å². The normalized spacial score (nSPS) is 12.0. The van der Waals surface area contributed by atoms with Gasteiger partial charge < -0.3 is 31.1 Å². The summed E-state index contributed by atoms with van der Waals surface area (Å²) in [5.74, 6) is -0.188. The topological polar surface area (TPSA) is 105 Å². The Kier molecular flexibility index (Phi) is 15.6. The van der Waals surface area contributed by atoms with Gasteiger partial charge in [0, 0.05) is 60.2 Å². The molecule has 0 spiro atoms. The third kappa shape index (κ3) is 12.0. The van der Waals surface area contributed by atoms with E-state index in [1.807, 2.05) is 72.8 Å². The number of halogens is 5. The minimum absolute atomic E-state index is 0.0888. The molecule has 0 aliphatic rings. The van der Waals surface area contributed by atoms with Gasteiger partial charge in [-0.05, 0) is 97.8 Å². The number of aliphatic hydroxyl groups excluding tert-OH is 2. The molecule has 6 aromatic carbocycles. The van der Waals surface area contributed by atoms with E-state index in [2.05, 4.69) is 22.8 Å². The van der Waals surface area contributed by atoms with E-state index in [0.717, 1.165) is 36.4 Å². The van der Waals surface area contributed by atoms with Crippen molar-refractivity contribution in [1.29, 1.82) is 0 Å². The second-order valence-corrected chi connectivity index (χ2v) is 16.6. The van der Waals surface area contributed by atoms with Crippen LogP contribution in [0.15, 0.2) is 135 Å². The van der Waals surface area contributed by atoms with Crippen LogP contribution in [-0.4, -0.2) is 20.4 Å². The average Bonchev–Trinajstić information content (AvgIpc) is 3.15. The molecule has 0 saturated heterocycles. The molecule has 0 fully saturated rings. The highest BCUT2D eigenvalue weighted by atomic mass is 35.5. The third-order valence-corrected chi connectivity index (χ3v) is 11.9. The van der Waals surface area contributed by atoms with Crippen molar-refractivity contribution in [2.24, 2.45) is 0 Å². The fraction of sp³-hybridized carbons (Fsp3) is 0.143. The zero-order valence-electron chi connectivity index (χ0n) is 29.5. The highest BCUT2D eigenvalue weighted by molar-refractivity contribution is 7.99. The quantitative estimate of drug-likeness (QED) is 0.0676. The second kappa shape index (κ2) is 20.1. The van der Waals surface area contributed by atoms with E-state index < -0.39 is 12.2 Å². The summed E-state index contributed by atoms with van der Waals surface area (Å²) in [6.45, 7) is 4.29. The highest BCUT2D eigenvalue weighted by Crippen LogP contribution is 2.38. The molecule has 6 rings (SSSR count). The van der Waals surface area contributed by atoms with Crippen LogP contribution >= 0.6 is 81.5 Å². The van der Waals surface area contributed by atoms with Crippen LogP contribution in [0.25, 0.3) is 0 Å². The summed E-state index contributed by atoms with van der Waals surface area (Å²) in [7, 11) is 0. The van der Waals surface area contributed by atoms with Crippen molar-refractivity contribution in [2.45, 2.75) is 58.7 Å². The number of nitrogens with one attached hydrogen (secondary N) is 2. The molecule has 0 radical (unpaired) electrons. The SMILES string of the molecule is CC(O)c1cc(NCc2ccccc2Sc2ccc(Cl)c(Cl)c2)cc(Cl)c1O.CC(O)c1cc(NCc2ccccc2Sc2cccc(Cl)c2)cc(Cl)c1O. The number of phenolic OH excluding ortho intramolecular Hbond substituents is 2. The Bertz CT molecular complexity index is 2260. The van der Waals surface area contributed by atoms with Crippen LogP contribution in [0, 0.1) is 0 Å². The Labute approximate surface area is 354 Å². The Morgan fingerprint density at radius 3 is 1.44 bits per heavy atom. The van der Waals surface area contributed by atoms with Crippen molar-refractivity contribution >= 4 is 92.9 Å². The lowest BCUT2D eigenvalue weighted by Gasteiger charge is -2.15. The lowest BCUT2D eigenvalue weighted by Crippen LogP contribution is -2.02. The maximum absolute atomic E-state index is 9.98. The molecular weight excluding hydrogens is 838 g/mol. The van der Waals surface area contributed by atoms with Gasteiger partial charge >= 0.3 is 0 Å². The molecule has 0 heterocycles. The Hall–Kier alpha value is -3.41. The first kappa shape index (κ1) is 42.7. The Morgan fingerprint density at radius 1 is 0.509 bits per heavy atom. The molecule has 2 unspecified atom stereocenters. The van der Waals surface area contributed by atoms with Crippen LogP contribution in [-0.2, 0) is 13.1 Å². The molecule has 2 atom stereocenters. The molecule has 6 aromatic rings. The van der Waals surface area contributed by atoms with E-state index in [-0.39, 0.29) is 21.5 Å². The maximum atomic E-state index is 9.98. The summed E-state index contributed by atoms with van der Waals surface area (Å²) in [6, 6.07) is 36.1. The minimum Gasteiger partial charge on any atom is -0.506 e. The van der Waals surface area contributed by atoms with Gasteiger partial charge in [-0.3, -0.25) is 0 Å².